The molecule has 4 nitrogen and oxygen atoms in total. The van der Waals surface area contributed by atoms with Crippen molar-refractivity contribution >= 4 is 11.6 Å². The van der Waals surface area contributed by atoms with E-state index < -0.39 is 0 Å². The first kappa shape index (κ1) is 13.9. The fourth-order valence-corrected chi connectivity index (χ4v) is 2.84. The summed E-state index contributed by atoms with van der Waals surface area (Å²) in [6, 6.07) is 6.38. The molecule has 0 aromatic heterocycles. The molecule has 4 N–H and O–H groups in total. The van der Waals surface area contributed by atoms with E-state index in [4.69, 9.17) is 11.5 Å². The lowest BCUT2D eigenvalue weighted by Crippen LogP contribution is -2.44. The second kappa shape index (κ2) is 5.61. The molecule has 19 heavy (non-hydrogen) atoms. The molecule has 1 aliphatic rings. The molecule has 104 valence electrons. The number of amides is 1. The minimum Gasteiger partial charge on any atom is -0.368 e. The predicted octanol–water partition coefficient (Wildman–Crippen LogP) is 1.66. The number of benzene rings is 1. The highest BCUT2D eigenvalue weighted by Gasteiger charge is 2.25. The summed E-state index contributed by atoms with van der Waals surface area (Å²) in [7, 11) is 0. The van der Waals surface area contributed by atoms with Crippen LogP contribution in [-0.4, -0.2) is 25.0 Å². The molecule has 0 aliphatic carbocycles. The number of anilines is 1. The molecule has 1 aliphatic heterocycles. The average molecular weight is 261 g/mol. The normalized spacial score (nSPS) is 23.4. The molecule has 0 spiro atoms. The number of nitrogens with zero attached hydrogens (tertiary/aromatic N) is 1. The van der Waals surface area contributed by atoms with Crippen LogP contribution in [0.5, 0.6) is 0 Å². The molecule has 2 unspecified atom stereocenters. The van der Waals surface area contributed by atoms with Crippen molar-refractivity contribution in [3.05, 3.63) is 29.3 Å². The van der Waals surface area contributed by atoms with Crippen molar-refractivity contribution in [2.75, 3.05) is 18.0 Å². The molecule has 2 atom stereocenters. The number of carbonyl (C=O) groups excluding carboxylic acids is 1. The Hall–Kier alpha value is -1.55. The number of nitrogens with two attached hydrogens (primary N) is 2. The predicted molar refractivity (Wildman–Crippen MR) is 78.3 cm³/mol. The van der Waals surface area contributed by atoms with E-state index in [1.54, 1.807) is 0 Å². The first-order valence-corrected chi connectivity index (χ1v) is 6.90. The van der Waals surface area contributed by atoms with E-state index in [2.05, 4.69) is 17.9 Å². The van der Waals surface area contributed by atoms with Crippen LogP contribution < -0.4 is 16.4 Å². The Morgan fingerprint density at radius 3 is 2.74 bits per heavy atom. The van der Waals surface area contributed by atoms with Gasteiger partial charge in [-0.15, -0.1) is 0 Å². The third-order valence-electron chi connectivity index (χ3n) is 4.12. The summed E-state index contributed by atoms with van der Waals surface area (Å²) in [5.74, 6) is 0.197. The molecule has 0 bridgehead atoms. The summed E-state index contributed by atoms with van der Waals surface area (Å²) in [5.41, 5.74) is 13.8. The topological polar surface area (TPSA) is 72.3 Å². The Morgan fingerprint density at radius 2 is 2.16 bits per heavy atom. The van der Waals surface area contributed by atoms with E-state index in [0.29, 0.717) is 17.5 Å². The Labute approximate surface area is 114 Å². The molecule has 1 heterocycles. The summed E-state index contributed by atoms with van der Waals surface area (Å²) < 4.78 is 0. The van der Waals surface area contributed by atoms with Gasteiger partial charge in [0.15, 0.2) is 0 Å². The van der Waals surface area contributed by atoms with Gasteiger partial charge >= 0.3 is 0 Å². The summed E-state index contributed by atoms with van der Waals surface area (Å²) >= 11 is 0. The van der Waals surface area contributed by atoms with Crippen molar-refractivity contribution in [2.45, 2.75) is 32.7 Å². The first-order chi connectivity index (χ1) is 9.02. The van der Waals surface area contributed by atoms with Gasteiger partial charge in [-0.3, -0.25) is 4.79 Å². The zero-order valence-electron chi connectivity index (χ0n) is 11.7. The quantitative estimate of drug-likeness (QED) is 0.869. The largest absolute Gasteiger partial charge is 0.368 e. The van der Waals surface area contributed by atoms with E-state index in [1.807, 2.05) is 19.1 Å². The number of rotatable bonds is 3. The average Bonchev–Trinajstić information content (AvgIpc) is 2.38. The van der Waals surface area contributed by atoms with Gasteiger partial charge < -0.3 is 16.4 Å². The van der Waals surface area contributed by atoms with E-state index in [-0.39, 0.29) is 5.91 Å². The Morgan fingerprint density at radius 1 is 1.42 bits per heavy atom. The first-order valence-electron chi connectivity index (χ1n) is 6.90. The van der Waals surface area contributed by atoms with Crippen molar-refractivity contribution in [2.24, 2.45) is 17.4 Å². The van der Waals surface area contributed by atoms with Gasteiger partial charge in [-0.2, -0.15) is 0 Å². The SMILES string of the molecule is Cc1cc(N2CC(CN)CCC2C)ccc1C(N)=O. The fourth-order valence-electron chi connectivity index (χ4n) is 2.84. The van der Waals surface area contributed by atoms with Gasteiger partial charge in [0.1, 0.15) is 0 Å². The maximum atomic E-state index is 11.3. The molecule has 1 amide bonds. The molecule has 1 saturated heterocycles. The highest BCUT2D eigenvalue weighted by atomic mass is 16.1. The number of carbonyl (C=O) groups is 1. The molecule has 0 radical (unpaired) electrons. The van der Waals surface area contributed by atoms with Crippen LogP contribution in [0.1, 0.15) is 35.7 Å². The number of hydrogen-bond donors (Lipinski definition) is 2. The van der Waals surface area contributed by atoms with Crippen LogP contribution in [0.3, 0.4) is 0 Å². The fraction of sp³-hybridized carbons (Fsp3) is 0.533. The van der Waals surface area contributed by atoms with E-state index >= 15 is 0 Å². The summed E-state index contributed by atoms with van der Waals surface area (Å²) in [6.07, 6.45) is 2.37. The monoisotopic (exact) mass is 261 g/mol. The van der Waals surface area contributed by atoms with Gasteiger partial charge in [-0.1, -0.05) is 0 Å². The minimum absolute atomic E-state index is 0.365. The number of primary amides is 1. The molecular formula is C15H23N3O. The molecule has 2 rings (SSSR count). The number of aryl methyl sites for hydroxylation is 1. The van der Waals surface area contributed by atoms with Gasteiger partial charge in [0, 0.05) is 23.8 Å². The van der Waals surface area contributed by atoms with Crippen LogP contribution in [0, 0.1) is 12.8 Å². The second-order valence-corrected chi connectivity index (χ2v) is 5.54. The van der Waals surface area contributed by atoms with Crippen LogP contribution in [-0.2, 0) is 0 Å². The third-order valence-corrected chi connectivity index (χ3v) is 4.12. The van der Waals surface area contributed by atoms with Crippen LogP contribution in [0.25, 0.3) is 0 Å². The van der Waals surface area contributed by atoms with Crippen LogP contribution >= 0.6 is 0 Å². The van der Waals surface area contributed by atoms with Gasteiger partial charge in [-0.25, -0.2) is 0 Å². The molecular weight excluding hydrogens is 238 g/mol. The molecule has 1 aromatic carbocycles. The van der Waals surface area contributed by atoms with Crippen LogP contribution in [0.15, 0.2) is 18.2 Å². The maximum Gasteiger partial charge on any atom is 0.248 e. The highest BCUT2D eigenvalue weighted by molar-refractivity contribution is 5.94. The van der Waals surface area contributed by atoms with E-state index in [0.717, 1.165) is 24.3 Å². The lowest BCUT2D eigenvalue weighted by Gasteiger charge is -2.39. The van der Waals surface area contributed by atoms with Crippen molar-refractivity contribution < 1.29 is 4.79 Å². The van der Waals surface area contributed by atoms with Crippen molar-refractivity contribution in [3.63, 3.8) is 0 Å². The zero-order chi connectivity index (χ0) is 14.0. The smallest absolute Gasteiger partial charge is 0.248 e. The lowest BCUT2D eigenvalue weighted by atomic mass is 9.92. The maximum absolute atomic E-state index is 11.3. The molecule has 0 saturated carbocycles. The summed E-state index contributed by atoms with van der Waals surface area (Å²) in [5, 5.41) is 0. The van der Waals surface area contributed by atoms with Gasteiger partial charge in [0.2, 0.25) is 5.91 Å². The molecule has 1 aromatic rings. The van der Waals surface area contributed by atoms with E-state index in [1.165, 1.54) is 12.8 Å². The third kappa shape index (κ3) is 2.89. The van der Waals surface area contributed by atoms with Crippen molar-refractivity contribution in [3.8, 4) is 0 Å². The van der Waals surface area contributed by atoms with Gasteiger partial charge in [0.25, 0.3) is 0 Å². The standard InChI is InChI=1S/C15H23N3O/c1-10-7-13(5-6-14(10)15(17)19)18-9-12(8-16)4-3-11(18)2/h5-7,11-12H,3-4,8-9,16H2,1-2H3,(H2,17,19). The Balaban J connectivity index is 2.25. The van der Waals surface area contributed by atoms with Crippen LogP contribution in [0.2, 0.25) is 0 Å². The highest BCUT2D eigenvalue weighted by Crippen LogP contribution is 2.28. The van der Waals surface area contributed by atoms with Crippen LogP contribution in [0.4, 0.5) is 5.69 Å². The lowest BCUT2D eigenvalue weighted by molar-refractivity contribution is 0.1000. The van der Waals surface area contributed by atoms with Gasteiger partial charge in [-0.05, 0) is 62.9 Å². The van der Waals surface area contributed by atoms with Crippen molar-refractivity contribution in [1.29, 1.82) is 0 Å². The zero-order valence-corrected chi connectivity index (χ0v) is 11.7. The number of piperidine rings is 1. The minimum atomic E-state index is -0.365. The van der Waals surface area contributed by atoms with E-state index in [9.17, 15) is 4.79 Å². The van der Waals surface area contributed by atoms with Crippen molar-refractivity contribution in [1.82, 2.24) is 0 Å². The molecule has 1 fully saturated rings. The second-order valence-electron chi connectivity index (χ2n) is 5.54. The summed E-state index contributed by atoms with van der Waals surface area (Å²) in [6.45, 7) is 5.90. The Kier molecular flexibility index (Phi) is 4.10. The Bertz CT molecular complexity index is 472. The summed E-state index contributed by atoms with van der Waals surface area (Å²) in [4.78, 5) is 13.7. The van der Waals surface area contributed by atoms with Gasteiger partial charge in [0.05, 0.1) is 0 Å². The number of hydrogen-bond acceptors (Lipinski definition) is 3. The molecule has 4 heteroatoms.